The molecule has 0 saturated heterocycles. The van der Waals surface area contributed by atoms with Gasteiger partial charge in [0.15, 0.2) is 0 Å². The van der Waals surface area contributed by atoms with Crippen molar-refractivity contribution in [1.29, 1.82) is 0 Å². The first kappa shape index (κ1) is 9.45. The number of nitrogens with two attached hydrogens (primary N) is 2. The summed E-state index contributed by atoms with van der Waals surface area (Å²) >= 11 is 3.48. The van der Waals surface area contributed by atoms with Crippen LogP contribution < -0.4 is 11.5 Å². The number of carbonyl (C=O) groups is 2. The van der Waals surface area contributed by atoms with E-state index < -0.39 is 17.1 Å². The third-order valence-electron chi connectivity index (χ3n) is 1.02. The maximum atomic E-state index is 10.3. The van der Waals surface area contributed by atoms with Crippen LogP contribution in [0.5, 0.6) is 0 Å². The monoisotopic (exact) mass is 162 g/mol. The molecule has 10 heavy (non-hydrogen) atoms. The van der Waals surface area contributed by atoms with E-state index in [4.69, 9.17) is 11.5 Å². The van der Waals surface area contributed by atoms with Crippen LogP contribution in [0.1, 0.15) is 12.8 Å². The molecule has 1 unspecified atom stereocenters. The molecular weight excluding hydrogens is 152 g/mol. The fraction of sp³-hybridized carbons (Fsp3) is 0.600. The van der Waals surface area contributed by atoms with E-state index in [1.54, 1.807) is 0 Å². The lowest BCUT2D eigenvalue weighted by molar-refractivity contribution is -0.118. The van der Waals surface area contributed by atoms with Crippen LogP contribution in [0.3, 0.4) is 0 Å². The Morgan fingerprint density at radius 2 is 2.00 bits per heavy atom. The van der Waals surface area contributed by atoms with E-state index in [1.807, 2.05) is 0 Å². The van der Waals surface area contributed by atoms with Gasteiger partial charge >= 0.3 is 0 Å². The van der Waals surface area contributed by atoms with Crippen molar-refractivity contribution >= 4 is 23.7 Å². The van der Waals surface area contributed by atoms with Gasteiger partial charge in [-0.05, 0) is 6.42 Å². The third-order valence-corrected chi connectivity index (χ3v) is 1.35. The molecule has 4 N–H and O–H groups in total. The lowest BCUT2D eigenvalue weighted by Crippen LogP contribution is -2.28. The molecule has 0 aliphatic rings. The van der Waals surface area contributed by atoms with Gasteiger partial charge in [-0.25, -0.2) is 0 Å². The predicted octanol–water partition coefficient (Wildman–Crippen LogP) is -0.964. The number of hydrogen-bond donors (Lipinski definition) is 3. The van der Waals surface area contributed by atoms with E-state index in [0.717, 1.165) is 0 Å². The molecule has 0 aliphatic heterocycles. The molecule has 0 fully saturated rings. The highest BCUT2D eigenvalue weighted by atomic mass is 32.1. The summed E-state index contributed by atoms with van der Waals surface area (Å²) in [6, 6.07) is -0.671. The Bertz CT molecular complexity index is 149. The van der Waals surface area contributed by atoms with Crippen molar-refractivity contribution in [2.75, 3.05) is 0 Å². The standard InChI is InChI=1S/C5H10N2O2S/c6-3(5(9)10)1-2-4(7)8/h3H,1-2,6H2,(H2,7,8)(H,9,10). The zero-order valence-electron chi connectivity index (χ0n) is 5.41. The highest BCUT2D eigenvalue weighted by molar-refractivity contribution is 7.96. The maximum absolute atomic E-state index is 10.3. The fourth-order valence-electron chi connectivity index (χ4n) is 0.421. The average Bonchev–Trinajstić information content (AvgIpc) is 1.82. The number of hydrogen-bond acceptors (Lipinski definition) is 3. The fourth-order valence-corrected chi connectivity index (χ4v) is 0.550. The Labute approximate surface area is 64.4 Å². The molecule has 0 aromatic rings. The molecule has 0 radical (unpaired) electrons. The summed E-state index contributed by atoms with van der Waals surface area (Å²) in [5, 5.41) is -0.416. The van der Waals surface area contributed by atoms with Crippen LogP contribution in [-0.4, -0.2) is 17.1 Å². The number of rotatable bonds is 4. The molecule has 0 aromatic carbocycles. The Morgan fingerprint density at radius 3 is 2.30 bits per heavy atom. The Balaban J connectivity index is 3.49. The quantitative estimate of drug-likeness (QED) is 0.465. The number of thiol groups is 1. The number of carbonyl (C=O) groups excluding carboxylic acids is 2. The summed E-state index contributed by atoms with van der Waals surface area (Å²) in [5.41, 5.74) is 10.0. The van der Waals surface area contributed by atoms with Crippen molar-refractivity contribution in [2.45, 2.75) is 18.9 Å². The van der Waals surface area contributed by atoms with Crippen LogP contribution in [-0.2, 0) is 9.59 Å². The highest BCUT2D eigenvalue weighted by Gasteiger charge is 2.09. The van der Waals surface area contributed by atoms with Gasteiger partial charge in [-0.1, -0.05) is 0 Å². The molecule has 58 valence electrons. The summed E-state index contributed by atoms with van der Waals surface area (Å²) in [6.45, 7) is 0. The molecule has 0 spiro atoms. The second-order valence-electron chi connectivity index (χ2n) is 1.95. The molecule has 1 amide bonds. The van der Waals surface area contributed by atoms with E-state index in [-0.39, 0.29) is 12.8 Å². The van der Waals surface area contributed by atoms with Crippen molar-refractivity contribution < 1.29 is 9.59 Å². The van der Waals surface area contributed by atoms with Crippen molar-refractivity contribution in [3.8, 4) is 0 Å². The smallest absolute Gasteiger partial charge is 0.217 e. The van der Waals surface area contributed by atoms with Gasteiger partial charge in [0.1, 0.15) is 0 Å². The van der Waals surface area contributed by atoms with E-state index in [2.05, 4.69) is 12.6 Å². The lowest BCUT2D eigenvalue weighted by atomic mass is 10.2. The molecule has 0 aliphatic carbocycles. The SMILES string of the molecule is NC(=O)CCC(N)C(=O)S. The van der Waals surface area contributed by atoms with Crippen LogP contribution in [0.2, 0.25) is 0 Å². The van der Waals surface area contributed by atoms with Gasteiger partial charge in [-0.3, -0.25) is 9.59 Å². The largest absolute Gasteiger partial charge is 0.370 e. The predicted molar refractivity (Wildman–Crippen MR) is 40.4 cm³/mol. The summed E-state index contributed by atoms with van der Waals surface area (Å²) in [4.78, 5) is 20.5. The second kappa shape index (κ2) is 4.29. The Morgan fingerprint density at radius 1 is 1.50 bits per heavy atom. The van der Waals surface area contributed by atoms with Crippen LogP contribution >= 0.6 is 12.6 Å². The summed E-state index contributed by atoms with van der Waals surface area (Å²) in [5.74, 6) is -0.454. The van der Waals surface area contributed by atoms with Crippen molar-refractivity contribution in [2.24, 2.45) is 11.5 Å². The van der Waals surface area contributed by atoms with Crippen molar-refractivity contribution in [1.82, 2.24) is 0 Å². The van der Waals surface area contributed by atoms with Gasteiger partial charge in [-0.2, -0.15) is 0 Å². The van der Waals surface area contributed by atoms with Crippen LogP contribution in [0.25, 0.3) is 0 Å². The summed E-state index contributed by atoms with van der Waals surface area (Å²) in [6.07, 6.45) is 0.408. The second-order valence-corrected chi connectivity index (χ2v) is 2.39. The highest BCUT2D eigenvalue weighted by Crippen LogP contribution is 1.96. The molecule has 0 heterocycles. The topological polar surface area (TPSA) is 86.2 Å². The zero-order valence-corrected chi connectivity index (χ0v) is 6.30. The number of amides is 1. The molecule has 0 saturated carbocycles. The zero-order chi connectivity index (χ0) is 8.15. The van der Waals surface area contributed by atoms with Crippen molar-refractivity contribution in [3.05, 3.63) is 0 Å². The third kappa shape index (κ3) is 4.34. The first-order valence-corrected chi connectivity index (χ1v) is 3.25. The van der Waals surface area contributed by atoms with Crippen LogP contribution in [0, 0.1) is 0 Å². The first-order valence-electron chi connectivity index (χ1n) is 2.80. The Kier molecular flexibility index (Phi) is 4.06. The lowest BCUT2D eigenvalue weighted by Gasteiger charge is -2.02. The molecular formula is C5H10N2O2S. The molecule has 0 bridgehead atoms. The van der Waals surface area contributed by atoms with E-state index >= 15 is 0 Å². The summed E-state index contributed by atoms with van der Waals surface area (Å²) in [7, 11) is 0. The van der Waals surface area contributed by atoms with Gasteiger partial charge in [0, 0.05) is 6.42 Å². The minimum absolute atomic E-state index is 0.132. The van der Waals surface area contributed by atoms with Crippen LogP contribution in [0.4, 0.5) is 0 Å². The molecule has 5 heteroatoms. The van der Waals surface area contributed by atoms with E-state index in [0.29, 0.717) is 0 Å². The Hall–Kier alpha value is -0.550. The minimum Gasteiger partial charge on any atom is -0.370 e. The average molecular weight is 162 g/mol. The maximum Gasteiger partial charge on any atom is 0.217 e. The summed E-state index contributed by atoms with van der Waals surface area (Å²) < 4.78 is 0. The van der Waals surface area contributed by atoms with E-state index in [9.17, 15) is 9.59 Å². The van der Waals surface area contributed by atoms with Gasteiger partial charge in [0.2, 0.25) is 11.0 Å². The van der Waals surface area contributed by atoms with Gasteiger partial charge in [0.05, 0.1) is 6.04 Å². The van der Waals surface area contributed by atoms with Gasteiger partial charge in [0.25, 0.3) is 0 Å². The van der Waals surface area contributed by atoms with Crippen molar-refractivity contribution in [3.63, 3.8) is 0 Å². The van der Waals surface area contributed by atoms with Gasteiger partial charge < -0.3 is 11.5 Å². The van der Waals surface area contributed by atoms with Gasteiger partial charge in [-0.15, -0.1) is 12.6 Å². The van der Waals surface area contributed by atoms with E-state index in [1.165, 1.54) is 0 Å². The molecule has 4 nitrogen and oxygen atoms in total. The molecule has 1 atom stereocenters. The molecule has 0 rings (SSSR count). The first-order chi connectivity index (χ1) is 4.54. The van der Waals surface area contributed by atoms with Crippen LogP contribution in [0.15, 0.2) is 0 Å². The number of primary amides is 1. The minimum atomic E-state index is -0.671. The normalized spacial score (nSPS) is 12.6. The molecule has 0 aromatic heterocycles.